The van der Waals surface area contributed by atoms with Gasteiger partial charge in [-0.2, -0.15) is 0 Å². The van der Waals surface area contributed by atoms with Gasteiger partial charge in [0.2, 0.25) is 5.75 Å². The normalized spacial score (nSPS) is 18.4. The van der Waals surface area contributed by atoms with Crippen molar-refractivity contribution in [3.05, 3.63) is 34.9 Å². The Morgan fingerprint density at radius 1 is 1.07 bits per heavy atom. The van der Waals surface area contributed by atoms with Crippen LogP contribution < -0.4 is 18.9 Å². The lowest BCUT2D eigenvalue weighted by Crippen LogP contribution is -2.53. The minimum absolute atomic E-state index is 0.200. The van der Waals surface area contributed by atoms with E-state index in [4.69, 9.17) is 23.7 Å². The molecular formula is C22H25NO7. The predicted molar refractivity (Wildman–Crippen MR) is 109 cm³/mol. The van der Waals surface area contributed by atoms with Crippen molar-refractivity contribution in [2.45, 2.75) is 19.1 Å². The molecule has 1 unspecified atom stereocenters. The van der Waals surface area contributed by atoms with Gasteiger partial charge in [-0.05, 0) is 31.0 Å². The van der Waals surface area contributed by atoms with Gasteiger partial charge in [0.15, 0.2) is 17.2 Å². The van der Waals surface area contributed by atoms with Crippen LogP contribution in [0.25, 0.3) is 11.1 Å². The summed E-state index contributed by atoms with van der Waals surface area (Å²) in [5.74, 6) is 1.92. The number of nitrogens with zero attached hydrogens (tertiary/aromatic N) is 1. The Morgan fingerprint density at radius 3 is 2.37 bits per heavy atom. The molecule has 2 aliphatic rings. The Kier molecular flexibility index (Phi) is 4.89. The van der Waals surface area contributed by atoms with E-state index in [9.17, 15) is 9.90 Å². The van der Waals surface area contributed by atoms with E-state index < -0.39 is 11.8 Å². The quantitative estimate of drug-likeness (QED) is 0.803. The molecule has 160 valence electrons. The smallest absolute Gasteiger partial charge is 0.412 e. The predicted octanol–water partition coefficient (Wildman–Crippen LogP) is 2.91. The van der Waals surface area contributed by atoms with Gasteiger partial charge in [0.05, 0.1) is 35.0 Å². The second kappa shape index (κ2) is 7.28. The fraction of sp³-hybridized carbons (Fsp3) is 0.409. The number of carbonyl (C=O) groups excluding carboxylic acids is 1. The maximum absolute atomic E-state index is 12.8. The first-order chi connectivity index (χ1) is 14.5. The number of aliphatic hydroxyl groups is 1. The van der Waals surface area contributed by atoms with E-state index >= 15 is 0 Å². The van der Waals surface area contributed by atoms with Crippen LogP contribution in [0.3, 0.4) is 0 Å². The van der Waals surface area contributed by atoms with Gasteiger partial charge >= 0.3 is 6.09 Å². The average Bonchev–Trinajstić information content (AvgIpc) is 3.03. The monoisotopic (exact) mass is 415 g/mol. The zero-order valence-electron chi connectivity index (χ0n) is 17.7. The summed E-state index contributed by atoms with van der Waals surface area (Å²) in [5.41, 5.74) is 1.46. The lowest BCUT2D eigenvalue weighted by atomic mass is 9.87. The number of ether oxygens (including phenoxy) is 5. The lowest BCUT2D eigenvalue weighted by Gasteiger charge is -2.42. The van der Waals surface area contributed by atoms with Crippen LogP contribution in [0.15, 0.2) is 18.2 Å². The van der Waals surface area contributed by atoms with Crippen LogP contribution in [0.4, 0.5) is 4.79 Å². The van der Waals surface area contributed by atoms with Gasteiger partial charge in [-0.25, -0.2) is 4.79 Å². The van der Waals surface area contributed by atoms with Crippen LogP contribution in [0.1, 0.15) is 23.6 Å². The number of methoxy groups -OCH3 is 4. The molecule has 1 atom stereocenters. The molecule has 30 heavy (non-hydrogen) atoms. The first-order valence-corrected chi connectivity index (χ1v) is 9.68. The van der Waals surface area contributed by atoms with E-state index in [1.165, 1.54) is 12.0 Å². The van der Waals surface area contributed by atoms with Gasteiger partial charge in [0, 0.05) is 28.8 Å². The molecule has 0 bridgehead atoms. The van der Waals surface area contributed by atoms with Crippen LogP contribution in [-0.2, 0) is 16.9 Å². The molecule has 1 amide bonds. The number of hydrogen-bond acceptors (Lipinski definition) is 7. The Balaban J connectivity index is 2.12. The highest BCUT2D eigenvalue weighted by Crippen LogP contribution is 2.61. The number of fused-ring (bicyclic) bond motifs is 3. The summed E-state index contributed by atoms with van der Waals surface area (Å²) in [5, 5.41) is 12.1. The zero-order valence-corrected chi connectivity index (χ0v) is 17.7. The highest BCUT2D eigenvalue weighted by Gasteiger charge is 2.55. The third-order valence-corrected chi connectivity index (χ3v) is 5.76. The number of amides is 1. The first-order valence-electron chi connectivity index (χ1n) is 9.68. The average molecular weight is 415 g/mol. The Morgan fingerprint density at radius 2 is 1.77 bits per heavy atom. The van der Waals surface area contributed by atoms with Crippen LogP contribution in [0.5, 0.6) is 23.0 Å². The zero-order chi connectivity index (χ0) is 21.6. The molecule has 2 aromatic carbocycles. The van der Waals surface area contributed by atoms with Crippen LogP contribution in [0, 0.1) is 0 Å². The highest BCUT2D eigenvalue weighted by molar-refractivity contribution is 5.92. The lowest BCUT2D eigenvalue weighted by molar-refractivity contribution is -0.0737. The van der Waals surface area contributed by atoms with Crippen molar-refractivity contribution in [1.29, 1.82) is 0 Å². The topological polar surface area (TPSA) is 86.7 Å². The molecule has 0 fully saturated rings. The maximum atomic E-state index is 12.8. The largest absolute Gasteiger partial charge is 0.497 e. The molecule has 0 aromatic heterocycles. The third kappa shape index (κ3) is 2.46. The van der Waals surface area contributed by atoms with Crippen molar-refractivity contribution in [2.24, 2.45) is 0 Å². The number of rotatable bonds is 5. The molecule has 0 radical (unpaired) electrons. The molecule has 0 saturated carbocycles. The fourth-order valence-corrected chi connectivity index (χ4v) is 4.59. The van der Waals surface area contributed by atoms with Gasteiger partial charge in [0.25, 0.3) is 0 Å². The molecular weight excluding hydrogens is 390 g/mol. The van der Waals surface area contributed by atoms with Crippen molar-refractivity contribution in [3.8, 4) is 34.1 Å². The van der Waals surface area contributed by atoms with Crippen molar-refractivity contribution in [3.63, 3.8) is 0 Å². The Bertz CT molecular complexity index is 1020. The number of benzene rings is 2. The van der Waals surface area contributed by atoms with E-state index in [-0.39, 0.29) is 13.2 Å². The molecule has 2 aromatic rings. The first kappa shape index (κ1) is 20.2. The van der Waals surface area contributed by atoms with Gasteiger partial charge in [0.1, 0.15) is 5.75 Å². The fourth-order valence-electron chi connectivity index (χ4n) is 4.59. The minimum atomic E-state index is -1.76. The van der Waals surface area contributed by atoms with E-state index in [0.29, 0.717) is 46.1 Å². The van der Waals surface area contributed by atoms with Gasteiger partial charge < -0.3 is 28.8 Å². The van der Waals surface area contributed by atoms with E-state index in [1.54, 1.807) is 40.4 Å². The van der Waals surface area contributed by atoms with E-state index in [0.717, 1.165) is 11.1 Å². The molecule has 8 heteroatoms. The Labute approximate surface area is 174 Å². The number of hydrogen-bond donors (Lipinski definition) is 1. The van der Waals surface area contributed by atoms with Gasteiger partial charge in [-0.1, -0.05) is 6.07 Å². The molecule has 1 aliphatic heterocycles. The second-order valence-electron chi connectivity index (χ2n) is 7.01. The third-order valence-electron chi connectivity index (χ3n) is 5.76. The second-order valence-corrected chi connectivity index (χ2v) is 7.01. The minimum Gasteiger partial charge on any atom is -0.497 e. The van der Waals surface area contributed by atoms with Gasteiger partial charge in [-0.3, -0.25) is 4.90 Å². The molecule has 4 rings (SSSR count). The van der Waals surface area contributed by atoms with Crippen LogP contribution in [0.2, 0.25) is 0 Å². The van der Waals surface area contributed by atoms with Gasteiger partial charge in [-0.15, -0.1) is 0 Å². The van der Waals surface area contributed by atoms with Crippen molar-refractivity contribution in [2.75, 3.05) is 41.6 Å². The Hall–Kier alpha value is -3.13. The SMILES string of the molecule is CCOC(=O)N1CCc2c(OC)c(OC)c(OC)c3c2C1(O)c1cc(OC)ccc1-3. The summed E-state index contributed by atoms with van der Waals surface area (Å²) in [6.45, 7) is 2.17. The molecule has 1 heterocycles. The van der Waals surface area contributed by atoms with Crippen molar-refractivity contribution < 1.29 is 33.6 Å². The highest BCUT2D eigenvalue weighted by atomic mass is 16.6. The van der Waals surface area contributed by atoms with Crippen molar-refractivity contribution >= 4 is 6.09 Å². The van der Waals surface area contributed by atoms with E-state index in [2.05, 4.69) is 0 Å². The van der Waals surface area contributed by atoms with Crippen molar-refractivity contribution in [1.82, 2.24) is 4.90 Å². The molecule has 8 nitrogen and oxygen atoms in total. The molecule has 0 spiro atoms. The summed E-state index contributed by atoms with van der Waals surface area (Å²) < 4.78 is 27.6. The summed E-state index contributed by atoms with van der Waals surface area (Å²) in [6.07, 6.45) is -0.140. The van der Waals surface area contributed by atoms with Crippen LogP contribution in [-0.4, -0.2) is 57.7 Å². The summed E-state index contributed by atoms with van der Waals surface area (Å²) >= 11 is 0. The molecule has 1 aliphatic carbocycles. The standard InChI is InChI=1S/C22H25NO7/c1-6-30-21(24)23-10-9-14-17-16(19(28-4)20(29-5)18(14)27-3)13-8-7-12(26-2)11-15(13)22(17,23)25/h7-8,11,25H,6,9-10H2,1-5H3. The molecule has 1 N–H and O–H groups in total. The summed E-state index contributed by atoms with van der Waals surface area (Å²) in [4.78, 5) is 14.2. The summed E-state index contributed by atoms with van der Waals surface area (Å²) in [6, 6.07) is 5.38. The number of carbonyl (C=O) groups is 1. The molecule has 0 saturated heterocycles. The summed E-state index contributed by atoms with van der Waals surface area (Å²) in [7, 11) is 6.17. The van der Waals surface area contributed by atoms with E-state index in [1.807, 2.05) is 6.07 Å². The maximum Gasteiger partial charge on any atom is 0.412 e. The van der Waals surface area contributed by atoms with Crippen LogP contribution >= 0.6 is 0 Å².